The first kappa shape index (κ1) is 15.2. The second-order valence-corrected chi connectivity index (χ2v) is 6.78. The fraction of sp³-hybridized carbons (Fsp3) is 0.222. The third kappa shape index (κ3) is 3.04. The quantitative estimate of drug-likeness (QED) is 0.943. The zero-order chi connectivity index (χ0) is 15.5. The topological polar surface area (TPSA) is 46.5 Å². The number of aliphatic hydroxyl groups is 1. The maximum atomic E-state index is 12.9. The van der Waals surface area contributed by atoms with Gasteiger partial charge in [0.25, 0.3) is 0 Å². The lowest BCUT2D eigenvalue weighted by Crippen LogP contribution is -2.12. The van der Waals surface area contributed by atoms with Gasteiger partial charge in [-0.1, -0.05) is 48.0 Å². The zero-order valence-electron chi connectivity index (χ0n) is 12.3. The highest BCUT2D eigenvalue weighted by Gasteiger charge is 2.32. The lowest BCUT2D eigenvalue weighted by atomic mass is 10.1. The molecule has 0 saturated carbocycles. The average Bonchev–Trinajstić information content (AvgIpc) is 3.00. The number of aryl methyl sites for hydroxylation is 1. The Morgan fingerprint density at radius 1 is 1.09 bits per heavy atom. The molecular formula is C18H18O3S. The van der Waals surface area contributed by atoms with Gasteiger partial charge in [0.05, 0.1) is 22.3 Å². The largest absolute Gasteiger partial charge is 0.393 e. The fourth-order valence-electron chi connectivity index (χ4n) is 2.48. The minimum absolute atomic E-state index is 0.113. The van der Waals surface area contributed by atoms with Crippen molar-refractivity contribution >= 4 is 10.8 Å². The number of aliphatic hydroxyl groups excluding tert-OH is 1. The molecule has 1 aliphatic heterocycles. The summed E-state index contributed by atoms with van der Waals surface area (Å²) >= 11 is 0. The SMILES string of the molecule is Cc1ccc([S@](=O)C2=C[C@@H](CO)O[C@H]2c2ccccc2)cc1. The van der Waals surface area contributed by atoms with Crippen LogP contribution in [0.2, 0.25) is 0 Å². The van der Waals surface area contributed by atoms with Crippen molar-refractivity contribution < 1.29 is 14.1 Å². The number of hydrogen-bond acceptors (Lipinski definition) is 3. The smallest absolute Gasteiger partial charge is 0.117 e. The van der Waals surface area contributed by atoms with E-state index in [4.69, 9.17) is 4.74 Å². The van der Waals surface area contributed by atoms with Crippen LogP contribution in [0.15, 0.2) is 70.5 Å². The summed E-state index contributed by atoms with van der Waals surface area (Å²) in [4.78, 5) is 1.45. The van der Waals surface area contributed by atoms with Gasteiger partial charge in [0.2, 0.25) is 0 Å². The number of ether oxygens (including phenoxy) is 1. The molecule has 0 saturated heterocycles. The van der Waals surface area contributed by atoms with Gasteiger partial charge in [-0.05, 0) is 30.7 Å². The van der Waals surface area contributed by atoms with E-state index in [0.717, 1.165) is 16.0 Å². The molecule has 0 aliphatic carbocycles. The van der Waals surface area contributed by atoms with Gasteiger partial charge < -0.3 is 9.84 Å². The molecule has 0 bridgehead atoms. The first-order chi connectivity index (χ1) is 10.7. The van der Waals surface area contributed by atoms with Crippen LogP contribution >= 0.6 is 0 Å². The van der Waals surface area contributed by atoms with Crippen molar-refractivity contribution in [1.82, 2.24) is 0 Å². The Bertz CT molecular complexity index is 692. The molecule has 3 rings (SSSR count). The lowest BCUT2D eigenvalue weighted by Gasteiger charge is -2.16. The van der Waals surface area contributed by atoms with E-state index in [1.807, 2.05) is 61.5 Å². The van der Waals surface area contributed by atoms with Gasteiger partial charge in [0.15, 0.2) is 0 Å². The van der Waals surface area contributed by atoms with E-state index in [1.54, 1.807) is 6.08 Å². The predicted molar refractivity (Wildman–Crippen MR) is 86.8 cm³/mol. The van der Waals surface area contributed by atoms with Crippen LogP contribution in [0.25, 0.3) is 0 Å². The average molecular weight is 314 g/mol. The molecule has 2 aromatic rings. The van der Waals surface area contributed by atoms with E-state index in [0.29, 0.717) is 4.91 Å². The number of benzene rings is 2. The molecule has 0 unspecified atom stereocenters. The van der Waals surface area contributed by atoms with Crippen LogP contribution in [0.1, 0.15) is 17.2 Å². The molecule has 114 valence electrons. The molecule has 0 amide bonds. The molecule has 2 aromatic carbocycles. The molecular weight excluding hydrogens is 296 g/mol. The molecule has 0 aromatic heterocycles. The summed E-state index contributed by atoms with van der Waals surface area (Å²) in [5.41, 5.74) is 2.08. The van der Waals surface area contributed by atoms with Gasteiger partial charge in [0, 0.05) is 4.90 Å². The summed E-state index contributed by atoms with van der Waals surface area (Å²) in [6, 6.07) is 17.3. The van der Waals surface area contributed by atoms with Crippen LogP contribution < -0.4 is 0 Å². The lowest BCUT2D eigenvalue weighted by molar-refractivity contribution is 0.0240. The van der Waals surface area contributed by atoms with Gasteiger partial charge in [-0.2, -0.15) is 0 Å². The fourth-order valence-corrected chi connectivity index (χ4v) is 3.79. The van der Waals surface area contributed by atoms with Crippen molar-refractivity contribution in [3.05, 3.63) is 76.7 Å². The monoisotopic (exact) mass is 314 g/mol. The van der Waals surface area contributed by atoms with E-state index >= 15 is 0 Å². The summed E-state index contributed by atoms with van der Waals surface area (Å²) in [6.45, 7) is 1.89. The van der Waals surface area contributed by atoms with Crippen LogP contribution in [0, 0.1) is 6.92 Å². The van der Waals surface area contributed by atoms with Crippen LogP contribution in [0.3, 0.4) is 0 Å². The molecule has 0 spiro atoms. The van der Waals surface area contributed by atoms with Crippen molar-refractivity contribution in [3.63, 3.8) is 0 Å². The minimum atomic E-state index is -1.29. The van der Waals surface area contributed by atoms with Gasteiger partial charge in [-0.3, -0.25) is 0 Å². The molecule has 1 N–H and O–H groups in total. The second-order valence-electron chi connectivity index (χ2n) is 5.30. The van der Waals surface area contributed by atoms with Crippen molar-refractivity contribution in [1.29, 1.82) is 0 Å². The van der Waals surface area contributed by atoms with E-state index in [1.165, 1.54) is 0 Å². The molecule has 1 heterocycles. The molecule has 0 radical (unpaired) electrons. The van der Waals surface area contributed by atoms with E-state index in [2.05, 4.69) is 0 Å². The highest BCUT2D eigenvalue weighted by Crippen LogP contribution is 2.37. The summed E-state index contributed by atoms with van der Waals surface area (Å²) in [7, 11) is -1.29. The second kappa shape index (κ2) is 6.57. The highest BCUT2D eigenvalue weighted by atomic mass is 32.2. The van der Waals surface area contributed by atoms with Crippen molar-refractivity contribution in [3.8, 4) is 0 Å². The van der Waals surface area contributed by atoms with Gasteiger partial charge >= 0.3 is 0 Å². The Morgan fingerprint density at radius 2 is 1.77 bits per heavy atom. The van der Waals surface area contributed by atoms with Crippen LogP contribution in [-0.4, -0.2) is 22.0 Å². The van der Waals surface area contributed by atoms with Gasteiger partial charge in [0.1, 0.15) is 12.2 Å². The predicted octanol–water partition coefficient (Wildman–Crippen LogP) is 3.12. The van der Waals surface area contributed by atoms with E-state index in [9.17, 15) is 9.32 Å². The summed E-state index contributed by atoms with van der Waals surface area (Å²) < 4.78 is 18.7. The third-order valence-corrected chi connectivity index (χ3v) is 5.13. The van der Waals surface area contributed by atoms with Crippen LogP contribution in [0.4, 0.5) is 0 Å². The normalized spacial score (nSPS) is 22.4. The van der Waals surface area contributed by atoms with Crippen molar-refractivity contribution in [2.45, 2.75) is 24.0 Å². The number of rotatable bonds is 4. The minimum Gasteiger partial charge on any atom is -0.393 e. The van der Waals surface area contributed by atoms with Crippen LogP contribution in [0.5, 0.6) is 0 Å². The number of hydrogen-bond donors (Lipinski definition) is 1. The zero-order valence-corrected chi connectivity index (χ0v) is 13.1. The van der Waals surface area contributed by atoms with Gasteiger partial charge in [-0.15, -0.1) is 0 Å². The maximum Gasteiger partial charge on any atom is 0.117 e. The third-order valence-electron chi connectivity index (χ3n) is 3.65. The van der Waals surface area contributed by atoms with Crippen molar-refractivity contribution in [2.24, 2.45) is 0 Å². The maximum absolute atomic E-state index is 12.9. The first-order valence-electron chi connectivity index (χ1n) is 7.20. The summed E-state index contributed by atoms with van der Waals surface area (Å²) in [5.74, 6) is 0. The Kier molecular flexibility index (Phi) is 4.52. The van der Waals surface area contributed by atoms with E-state index in [-0.39, 0.29) is 12.7 Å². The standard InChI is InChI=1S/C18H18O3S/c1-13-7-9-16(10-8-13)22(20)17-11-15(12-19)21-18(17)14-5-3-2-4-6-14/h2-11,15,18-19H,12H2,1H3/t15-,18-,22-/m0/s1. The Hall–Kier alpha value is -1.75. The van der Waals surface area contributed by atoms with E-state index < -0.39 is 16.9 Å². The van der Waals surface area contributed by atoms with Crippen molar-refractivity contribution in [2.75, 3.05) is 6.61 Å². The highest BCUT2D eigenvalue weighted by molar-refractivity contribution is 7.89. The van der Waals surface area contributed by atoms with Gasteiger partial charge in [-0.25, -0.2) is 4.21 Å². The molecule has 0 fully saturated rings. The van der Waals surface area contributed by atoms with Crippen LogP contribution in [-0.2, 0) is 15.5 Å². The molecule has 4 heteroatoms. The molecule has 22 heavy (non-hydrogen) atoms. The Morgan fingerprint density at radius 3 is 2.41 bits per heavy atom. The molecule has 3 atom stereocenters. The summed E-state index contributed by atoms with van der Waals surface area (Å²) in [6.07, 6.45) is 1.00. The Labute approximate surface area is 132 Å². The summed E-state index contributed by atoms with van der Waals surface area (Å²) in [5, 5.41) is 9.37. The Balaban J connectivity index is 1.94. The first-order valence-corrected chi connectivity index (χ1v) is 8.35. The molecule has 1 aliphatic rings. The molecule has 3 nitrogen and oxygen atoms in total.